The highest BCUT2D eigenvalue weighted by molar-refractivity contribution is 7.89. The summed E-state index contributed by atoms with van der Waals surface area (Å²) in [6.07, 6.45) is 0. The Morgan fingerprint density at radius 1 is 0.923 bits per heavy atom. The highest BCUT2D eigenvalue weighted by Crippen LogP contribution is 2.20. The third-order valence-corrected chi connectivity index (χ3v) is 5.59. The second-order valence-corrected chi connectivity index (χ2v) is 7.67. The lowest BCUT2D eigenvalue weighted by molar-refractivity contribution is 0.462. The molecular weight excluding hydrogens is 368 g/mol. The molecule has 0 aliphatic rings. The Morgan fingerprint density at radius 3 is 2.23 bits per heavy atom. The first-order chi connectivity index (χ1) is 12.2. The van der Waals surface area contributed by atoms with Gasteiger partial charge in [0.2, 0.25) is 10.0 Å². The highest BCUT2D eigenvalue weighted by Gasteiger charge is 2.22. The van der Waals surface area contributed by atoms with Crippen LogP contribution in [-0.2, 0) is 16.6 Å². The lowest BCUT2D eigenvalue weighted by Crippen LogP contribution is -2.29. The van der Waals surface area contributed by atoms with E-state index in [-0.39, 0.29) is 28.0 Å². The van der Waals surface area contributed by atoms with Crippen molar-refractivity contribution in [3.8, 4) is 0 Å². The predicted octanol–water partition coefficient (Wildman–Crippen LogP) is 1.32. The topological polar surface area (TPSA) is 103 Å². The van der Waals surface area contributed by atoms with Crippen molar-refractivity contribution in [2.24, 2.45) is 0 Å². The van der Waals surface area contributed by atoms with E-state index in [1.54, 1.807) is 0 Å². The number of aromatic amines is 2. The number of H-pyrrole nitrogens is 2. The van der Waals surface area contributed by atoms with Gasteiger partial charge in [0, 0.05) is 13.6 Å². The molecule has 0 saturated carbocycles. The molecule has 10 heteroatoms. The molecule has 3 rings (SSSR count). The first-order valence-corrected chi connectivity index (χ1v) is 8.79. The van der Waals surface area contributed by atoms with Crippen LogP contribution in [0.2, 0.25) is 0 Å². The third-order valence-electron chi connectivity index (χ3n) is 3.79. The van der Waals surface area contributed by atoms with Crippen LogP contribution in [0, 0.1) is 11.6 Å². The molecule has 0 saturated heterocycles. The number of benzene rings is 2. The van der Waals surface area contributed by atoms with Crippen LogP contribution < -0.4 is 11.1 Å². The molecule has 3 aromatic rings. The summed E-state index contributed by atoms with van der Waals surface area (Å²) in [7, 11) is -2.68. The van der Waals surface area contributed by atoms with E-state index in [0.717, 1.165) is 16.4 Å². The minimum absolute atomic E-state index is 0.127. The molecule has 0 bridgehead atoms. The molecular formula is C16H13F2N3O4S. The van der Waals surface area contributed by atoms with E-state index in [1.807, 2.05) is 0 Å². The Kier molecular flexibility index (Phi) is 4.46. The maximum Gasteiger partial charge on any atom is 0.314 e. The fourth-order valence-electron chi connectivity index (χ4n) is 2.41. The van der Waals surface area contributed by atoms with Gasteiger partial charge in [0.1, 0.15) is 0 Å². The molecule has 1 aromatic heterocycles. The number of rotatable bonds is 4. The lowest BCUT2D eigenvalue weighted by Gasteiger charge is -2.17. The van der Waals surface area contributed by atoms with Crippen molar-refractivity contribution in [1.82, 2.24) is 14.3 Å². The van der Waals surface area contributed by atoms with Crippen LogP contribution in [-0.4, -0.2) is 29.7 Å². The van der Waals surface area contributed by atoms with Crippen molar-refractivity contribution >= 4 is 21.1 Å². The maximum absolute atomic E-state index is 13.3. The Balaban J connectivity index is 1.97. The summed E-state index contributed by atoms with van der Waals surface area (Å²) in [4.78, 5) is 27.2. The van der Waals surface area contributed by atoms with Crippen molar-refractivity contribution < 1.29 is 17.2 Å². The lowest BCUT2D eigenvalue weighted by atomic mass is 10.2. The van der Waals surface area contributed by atoms with E-state index in [0.29, 0.717) is 0 Å². The molecule has 0 amide bonds. The van der Waals surface area contributed by atoms with Crippen LogP contribution in [0.1, 0.15) is 5.56 Å². The van der Waals surface area contributed by atoms with Crippen molar-refractivity contribution in [3.63, 3.8) is 0 Å². The molecule has 0 aliphatic heterocycles. The fourth-order valence-corrected chi connectivity index (χ4v) is 3.60. The highest BCUT2D eigenvalue weighted by atomic mass is 32.2. The summed E-state index contributed by atoms with van der Waals surface area (Å²) in [6, 6.07) is 6.96. The van der Waals surface area contributed by atoms with E-state index in [1.165, 1.54) is 31.3 Å². The predicted molar refractivity (Wildman–Crippen MR) is 90.2 cm³/mol. The van der Waals surface area contributed by atoms with Gasteiger partial charge in [-0.25, -0.2) is 17.2 Å². The molecule has 136 valence electrons. The monoisotopic (exact) mass is 381 g/mol. The van der Waals surface area contributed by atoms with Crippen LogP contribution in [0.25, 0.3) is 11.0 Å². The van der Waals surface area contributed by atoms with Crippen molar-refractivity contribution in [2.75, 3.05) is 7.05 Å². The number of hydrogen-bond donors (Lipinski definition) is 2. The fraction of sp³-hybridized carbons (Fsp3) is 0.125. The second-order valence-electron chi connectivity index (χ2n) is 5.63. The Hall–Kier alpha value is -2.85. The minimum Gasteiger partial charge on any atom is -0.316 e. The first-order valence-electron chi connectivity index (χ1n) is 7.35. The standard InChI is InChI=1S/C16H13F2N3O4S/c1-21(8-9-2-4-11(17)12(18)6-9)26(24,25)10-3-5-13-14(7-10)20-16(23)15(22)19-13/h2-7H,8H2,1H3,(H,19,22)(H,20,23). The Morgan fingerprint density at radius 2 is 1.58 bits per heavy atom. The van der Waals surface area contributed by atoms with Gasteiger partial charge in [0.15, 0.2) is 11.6 Å². The SMILES string of the molecule is CN(Cc1ccc(F)c(F)c1)S(=O)(=O)c1ccc2[nH]c(=O)c(=O)[nH]c2c1. The zero-order valence-corrected chi connectivity index (χ0v) is 14.2. The molecule has 0 aliphatic carbocycles. The molecule has 2 N–H and O–H groups in total. The summed E-state index contributed by atoms with van der Waals surface area (Å²) in [5, 5.41) is 0. The van der Waals surface area contributed by atoms with E-state index < -0.39 is 32.8 Å². The third kappa shape index (κ3) is 3.28. The molecule has 0 atom stereocenters. The Bertz CT molecular complexity index is 1220. The second kappa shape index (κ2) is 6.46. The van der Waals surface area contributed by atoms with E-state index in [2.05, 4.69) is 9.97 Å². The molecule has 0 fully saturated rings. The number of halogens is 2. The molecule has 7 nitrogen and oxygen atoms in total. The van der Waals surface area contributed by atoms with Crippen molar-refractivity contribution in [2.45, 2.75) is 11.4 Å². The average molecular weight is 381 g/mol. The molecule has 0 radical (unpaired) electrons. The van der Waals surface area contributed by atoms with Crippen LogP contribution in [0.15, 0.2) is 50.9 Å². The molecule has 0 spiro atoms. The number of aromatic nitrogens is 2. The summed E-state index contributed by atoms with van der Waals surface area (Å²) < 4.78 is 52.6. The van der Waals surface area contributed by atoms with Gasteiger partial charge in [-0.3, -0.25) is 9.59 Å². The zero-order valence-electron chi connectivity index (χ0n) is 13.4. The summed E-state index contributed by atoms with van der Waals surface area (Å²) >= 11 is 0. The van der Waals surface area contributed by atoms with Gasteiger partial charge in [-0.1, -0.05) is 6.07 Å². The van der Waals surface area contributed by atoms with E-state index in [4.69, 9.17) is 0 Å². The Labute approximate surface area is 146 Å². The summed E-state index contributed by atoms with van der Waals surface area (Å²) in [5.41, 5.74) is -1.05. The normalized spacial score (nSPS) is 12.0. The van der Waals surface area contributed by atoms with Gasteiger partial charge in [-0.2, -0.15) is 4.31 Å². The van der Waals surface area contributed by atoms with E-state index >= 15 is 0 Å². The maximum atomic E-state index is 13.3. The molecule has 2 aromatic carbocycles. The van der Waals surface area contributed by atoms with Crippen LogP contribution >= 0.6 is 0 Å². The summed E-state index contributed by atoms with van der Waals surface area (Å²) in [5.74, 6) is -2.09. The zero-order chi connectivity index (χ0) is 19.1. The van der Waals surface area contributed by atoms with Crippen molar-refractivity contribution in [1.29, 1.82) is 0 Å². The van der Waals surface area contributed by atoms with Gasteiger partial charge in [-0.05, 0) is 35.9 Å². The largest absolute Gasteiger partial charge is 0.316 e. The van der Waals surface area contributed by atoms with Crippen LogP contribution in [0.5, 0.6) is 0 Å². The van der Waals surface area contributed by atoms with Gasteiger partial charge < -0.3 is 9.97 Å². The first kappa shape index (κ1) is 18.0. The number of hydrogen-bond acceptors (Lipinski definition) is 4. The number of fused-ring (bicyclic) bond motifs is 1. The molecule has 0 unspecified atom stereocenters. The van der Waals surface area contributed by atoms with Crippen LogP contribution in [0.4, 0.5) is 8.78 Å². The van der Waals surface area contributed by atoms with Crippen LogP contribution in [0.3, 0.4) is 0 Å². The number of nitrogens with one attached hydrogen (secondary N) is 2. The molecule has 26 heavy (non-hydrogen) atoms. The van der Waals surface area contributed by atoms with Crippen molar-refractivity contribution in [3.05, 3.63) is 74.3 Å². The minimum atomic E-state index is -3.97. The number of sulfonamides is 1. The average Bonchev–Trinajstić information content (AvgIpc) is 2.58. The van der Waals surface area contributed by atoms with Gasteiger partial charge in [-0.15, -0.1) is 0 Å². The van der Waals surface area contributed by atoms with E-state index in [9.17, 15) is 26.8 Å². The smallest absolute Gasteiger partial charge is 0.314 e. The molecule has 1 heterocycles. The van der Waals surface area contributed by atoms with Gasteiger partial charge in [0.05, 0.1) is 15.9 Å². The number of nitrogens with zero attached hydrogens (tertiary/aromatic N) is 1. The quantitative estimate of drug-likeness (QED) is 0.665. The summed E-state index contributed by atoms with van der Waals surface area (Å²) in [6.45, 7) is -0.181. The van der Waals surface area contributed by atoms with Gasteiger partial charge >= 0.3 is 11.1 Å². The van der Waals surface area contributed by atoms with Gasteiger partial charge in [0.25, 0.3) is 0 Å².